The Kier molecular flexibility index (Phi) is 2.10. The second-order valence-electron chi connectivity index (χ2n) is 2.93. The van der Waals surface area contributed by atoms with Gasteiger partial charge in [0.05, 0.1) is 0 Å². The van der Waals surface area contributed by atoms with Gasteiger partial charge in [0.25, 0.3) is 0 Å². The van der Waals surface area contributed by atoms with Crippen LogP contribution in [0, 0.1) is 5.92 Å². The molecule has 0 saturated heterocycles. The van der Waals surface area contributed by atoms with Gasteiger partial charge in [-0.25, -0.2) is 0 Å². The van der Waals surface area contributed by atoms with Gasteiger partial charge >= 0.3 is 0 Å². The van der Waals surface area contributed by atoms with Crippen molar-refractivity contribution < 1.29 is 4.79 Å². The van der Waals surface area contributed by atoms with Crippen molar-refractivity contribution in [2.75, 3.05) is 14.1 Å². The molecule has 1 aliphatic rings. The van der Waals surface area contributed by atoms with Crippen molar-refractivity contribution in [3.8, 4) is 0 Å². The third-order valence-corrected chi connectivity index (χ3v) is 1.57. The minimum Gasteiger partial charge on any atom is -0.345 e. The zero-order chi connectivity index (χ0) is 7.56. The summed E-state index contributed by atoms with van der Waals surface area (Å²) in [5, 5.41) is 0. The summed E-state index contributed by atoms with van der Waals surface area (Å²) in [4.78, 5) is 12.5. The number of amides is 1. The Labute approximate surface area is 61.5 Å². The molecule has 0 bridgehead atoms. The molecule has 1 fully saturated rings. The van der Waals surface area contributed by atoms with Gasteiger partial charge in [0.15, 0.2) is 0 Å². The van der Waals surface area contributed by atoms with Crippen LogP contribution < -0.4 is 0 Å². The van der Waals surface area contributed by atoms with E-state index in [1.165, 1.54) is 12.8 Å². The number of carbonyl (C=O) groups is 1. The van der Waals surface area contributed by atoms with E-state index in [1.807, 2.05) is 6.08 Å². The third-order valence-electron chi connectivity index (χ3n) is 1.57. The topological polar surface area (TPSA) is 20.3 Å². The molecule has 1 amide bonds. The Morgan fingerprint density at radius 1 is 1.50 bits per heavy atom. The van der Waals surface area contributed by atoms with Gasteiger partial charge in [-0.15, -0.1) is 0 Å². The summed E-state index contributed by atoms with van der Waals surface area (Å²) < 4.78 is 0. The van der Waals surface area contributed by atoms with Crippen molar-refractivity contribution in [2.24, 2.45) is 5.92 Å². The molecule has 0 radical (unpaired) electrons. The van der Waals surface area contributed by atoms with E-state index in [9.17, 15) is 4.79 Å². The standard InChI is InChI=1S/C8H13NO/c1-9(2)8(10)6-5-7-3-4-7/h5-7H,3-4H2,1-2H3/b6-5+. The first-order chi connectivity index (χ1) is 4.70. The highest BCUT2D eigenvalue weighted by atomic mass is 16.2. The lowest BCUT2D eigenvalue weighted by molar-refractivity contribution is -0.123. The van der Waals surface area contributed by atoms with Crippen LogP contribution in [0.3, 0.4) is 0 Å². The molecule has 56 valence electrons. The SMILES string of the molecule is CN(C)C(=O)/C=C/C1CC1. The van der Waals surface area contributed by atoms with Gasteiger partial charge in [-0.3, -0.25) is 4.79 Å². The predicted octanol–water partition coefficient (Wildman–Crippen LogP) is 1.04. The number of allylic oxidation sites excluding steroid dienone is 1. The summed E-state index contributed by atoms with van der Waals surface area (Å²) >= 11 is 0. The minimum atomic E-state index is 0.0897. The predicted molar refractivity (Wildman–Crippen MR) is 40.6 cm³/mol. The van der Waals surface area contributed by atoms with E-state index in [0.717, 1.165) is 0 Å². The van der Waals surface area contributed by atoms with Crippen LogP contribution in [0.15, 0.2) is 12.2 Å². The average molecular weight is 139 g/mol. The number of rotatable bonds is 2. The highest BCUT2D eigenvalue weighted by Crippen LogP contribution is 2.29. The molecule has 0 unspecified atom stereocenters. The van der Waals surface area contributed by atoms with Crippen LogP contribution in [0.2, 0.25) is 0 Å². The largest absolute Gasteiger partial charge is 0.345 e. The van der Waals surface area contributed by atoms with E-state index in [4.69, 9.17) is 0 Å². The monoisotopic (exact) mass is 139 g/mol. The Hall–Kier alpha value is -0.790. The zero-order valence-electron chi connectivity index (χ0n) is 6.50. The summed E-state index contributed by atoms with van der Waals surface area (Å²) in [6.45, 7) is 0. The fraction of sp³-hybridized carbons (Fsp3) is 0.625. The highest BCUT2D eigenvalue weighted by molar-refractivity contribution is 5.87. The van der Waals surface area contributed by atoms with Crippen molar-refractivity contribution in [3.63, 3.8) is 0 Å². The van der Waals surface area contributed by atoms with Crippen molar-refractivity contribution in [1.82, 2.24) is 4.90 Å². The van der Waals surface area contributed by atoms with Crippen LogP contribution in [-0.4, -0.2) is 24.9 Å². The lowest BCUT2D eigenvalue weighted by atomic mass is 10.3. The molecule has 0 N–H and O–H groups in total. The quantitative estimate of drug-likeness (QED) is 0.523. The molecule has 0 aromatic heterocycles. The van der Waals surface area contributed by atoms with E-state index in [1.54, 1.807) is 25.1 Å². The zero-order valence-corrected chi connectivity index (χ0v) is 6.50. The van der Waals surface area contributed by atoms with E-state index in [-0.39, 0.29) is 5.91 Å². The summed E-state index contributed by atoms with van der Waals surface area (Å²) in [6, 6.07) is 0. The number of hydrogen-bond acceptors (Lipinski definition) is 1. The third kappa shape index (κ3) is 2.21. The second-order valence-corrected chi connectivity index (χ2v) is 2.93. The van der Waals surface area contributed by atoms with Crippen LogP contribution in [0.25, 0.3) is 0 Å². The van der Waals surface area contributed by atoms with Crippen LogP contribution in [0.5, 0.6) is 0 Å². The molecule has 0 aromatic carbocycles. The maximum Gasteiger partial charge on any atom is 0.245 e. The molecule has 0 spiro atoms. The molecular formula is C8H13NO. The summed E-state index contributed by atoms with van der Waals surface area (Å²) in [6.07, 6.45) is 6.19. The molecule has 1 rings (SSSR count). The maximum atomic E-state index is 10.9. The number of carbonyl (C=O) groups excluding carboxylic acids is 1. The van der Waals surface area contributed by atoms with Crippen LogP contribution in [0.4, 0.5) is 0 Å². The smallest absolute Gasteiger partial charge is 0.245 e. The summed E-state index contributed by atoms with van der Waals surface area (Å²) in [7, 11) is 3.53. The van der Waals surface area contributed by atoms with E-state index in [0.29, 0.717) is 5.92 Å². The van der Waals surface area contributed by atoms with Crippen LogP contribution in [-0.2, 0) is 4.79 Å². The fourth-order valence-electron chi connectivity index (χ4n) is 0.656. The van der Waals surface area contributed by atoms with Crippen LogP contribution in [0.1, 0.15) is 12.8 Å². The minimum absolute atomic E-state index is 0.0897. The van der Waals surface area contributed by atoms with Crippen LogP contribution >= 0.6 is 0 Å². The van der Waals surface area contributed by atoms with Gasteiger partial charge in [-0.05, 0) is 24.8 Å². The average Bonchev–Trinajstić information content (AvgIpc) is 2.64. The Morgan fingerprint density at radius 2 is 2.10 bits per heavy atom. The summed E-state index contributed by atoms with van der Waals surface area (Å²) in [5.74, 6) is 0.788. The maximum absolute atomic E-state index is 10.9. The molecule has 0 aliphatic heterocycles. The molecule has 2 nitrogen and oxygen atoms in total. The fourth-order valence-corrected chi connectivity index (χ4v) is 0.656. The molecule has 0 atom stereocenters. The molecule has 1 aliphatic carbocycles. The highest BCUT2D eigenvalue weighted by Gasteiger charge is 2.17. The second kappa shape index (κ2) is 2.86. The molecule has 1 saturated carbocycles. The molecule has 0 aromatic rings. The van der Waals surface area contributed by atoms with E-state index in [2.05, 4.69) is 0 Å². The van der Waals surface area contributed by atoms with Crippen molar-refractivity contribution in [3.05, 3.63) is 12.2 Å². The van der Waals surface area contributed by atoms with Gasteiger partial charge in [0, 0.05) is 14.1 Å². The Balaban J connectivity index is 2.28. The van der Waals surface area contributed by atoms with Gasteiger partial charge in [0.1, 0.15) is 0 Å². The van der Waals surface area contributed by atoms with Crippen molar-refractivity contribution in [1.29, 1.82) is 0 Å². The Morgan fingerprint density at radius 3 is 2.50 bits per heavy atom. The molecular weight excluding hydrogens is 126 g/mol. The van der Waals surface area contributed by atoms with Gasteiger partial charge in [-0.2, -0.15) is 0 Å². The first-order valence-corrected chi connectivity index (χ1v) is 3.59. The Bertz CT molecular complexity index is 157. The number of hydrogen-bond donors (Lipinski definition) is 0. The number of likely N-dealkylation sites (N-methyl/N-ethyl adjacent to an activating group) is 1. The molecule has 10 heavy (non-hydrogen) atoms. The molecule has 0 heterocycles. The first kappa shape index (κ1) is 7.32. The van der Waals surface area contributed by atoms with Gasteiger partial charge in [0.2, 0.25) is 5.91 Å². The van der Waals surface area contributed by atoms with Gasteiger partial charge in [-0.1, -0.05) is 6.08 Å². The van der Waals surface area contributed by atoms with Crippen molar-refractivity contribution >= 4 is 5.91 Å². The lowest BCUT2D eigenvalue weighted by Gasteiger charge is -2.04. The first-order valence-electron chi connectivity index (χ1n) is 3.59. The number of nitrogens with zero attached hydrogens (tertiary/aromatic N) is 1. The van der Waals surface area contributed by atoms with E-state index >= 15 is 0 Å². The van der Waals surface area contributed by atoms with E-state index < -0.39 is 0 Å². The van der Waals surface area contributed by atoms with Crippen molar-refractivity contribution in [2.45, 2.75) is 12.8 Å². The van der Waals surface area contributed by atoms with Gasteiger partial charge < -0.3 is 4.90 Å². The normalized spacial score (nSPS) is 17.8. The lowest BCUT2D eigenvalue weighted by Crippen LogP contribution is -2.18. The molecule has 2 heteroatoms. The summed E-state index contributed by atoms with van der Waals surface area (Å²) in [5.41, 5.74) is 0.